The van der Waals surface area contributed by atoms with Gasteiger partial charge in [-0.2, -0.15) is 0 Å². The van der Waals surface area contributed by atoms with Gasteiger partial charge in [0.1, 0.15) is 0 Å². The lowest BCUT2D eigenvalue weighted by Crippen LogP contribution is -2.11. The molecular formula is C37H27NO2. The van der Waals surface area contributed by atoms with Crippen LogP contribution in [0.2, 0.25) is 0 Å². The number of aryl methyl sites for hydroxylation is 1. The number of aromatic nitrogens is 1. The van der Waals surface area contributed by atoms with Crippen molar-refractivity contribution >= 4 is 11.6 Å². The summed E-state index contributed by atoms with van der Waals surface area (Å²) in [6.45, 7) is 2.05. The molecule has 0 aliphatic carbocycles. The monoisotopic (exact) mass is 517 g/mol. The maximum atomic E-state index is 14.5. The SMILES string of the molecule is Cc1ccc(-n2c(-c3ccccc3)c(C(=O)c3ccccc3)c(C(=O)c3ccccc3)c2-c2ccccc2)cc1. The van der Waals surface area contributed by atoms with E-state index in [0.29, 0.717) is 33.6 Å². The molecule has 0 unspecified atom stereocenters. The van der Waals surface area contributed by atoms with Crippen molar-refractivity contribution < 1.29 is 9.59 Å². The summed E-state index contributed by atoms with van der Waals surface area (Å²) in [5.74, 6) is -0.386. The molecule has 0 spiro atoms. The van der Waals surface area contributed by atoms with Crippen molar-refractivity contribution in [2.75, 3.05) is 0 Å². The number of hydrogen-bond donors (Lipinski definition) is 0. The lowest BCUT2D eigenvalue weighted by molar-refractivity contribution is 0.100. The first-order chi connectivity index (χ1) is 19.6. The first kappa shape index (κ1) is 25.0. The number of hydrogen-bond acceptors (Lipinski definition) is 2. The van der Waals surface area contributed by atoms with Crippen molar-refractivity contribution in [1.29, 1.82) is 0 Å². The predicted molar refractivity (Wildman–Crippen MR) is 161 cm³/mol. The zero-order valence-corrected chi connectivity index (χ0v) is 22.1. The molecule has 0 fully saturated rings. The average Bonchev–Trinajstić information content (AvgIpc) is 3.38. The Morgan fingerprint density at radius 1 is 0.450 bits per heavy atom. The van der Waals surface area contributed by atoms with Crippen LogP contribution in [0.5, 0.6) is 0 Å². The van der Waals surface area contributed by atoms with E-state index in [1.807, 2.05) is 116 Å². The lowest BCUT2D eigenvalue weighted by Gasteiger charge is -2.16. The summed E-state index contributed by atoms with van der Waals surface area (Å²) < 4.78 is 2.08. The highest BCUT2D eigenvalue weighted by atomic mass is 16.1. The number of rotatable bonds is 7. The number of carbonyl (C=O) groups is 2. The van der Waals surface area contributed by atoms with Gasteiger partial charge in [0, 0.05) is 16.8 Å². The van der Waals surface area contributed by atoms with Crippen LogP contribution in [-0.2, 0) is 0 Å². The number of carbonyl (C=O) groups excluding carboxylic acids is 2. The zero-order valence-electron chi connectivity index (χ0n) is 22.1. The number of benzene rings is 5. The molecule has 40 heavy (non-hydrogen) atoms. The molecule has 1 aromatic heterocycles. The first-order valence-electron chi connectivity index (χ1n) is 13.3. The van der Waals surface area contributed by atoms with Gasteiger partial charge in [-0.15, -0.1) is 0 Å². The number of nitrogens with zero attached hydrogens (tertiary/aromatic N) is 1. The molecule has 0 N–H and O–H groups in total. The third kappa shape index (κ3) is 4.59. The highest BCUT2D eigenvalue weighted by Gasteiger charge is 2.34. The summed E-state index contributed by atoms with van der Waals surface area (Å²) in [5.41, 5.74) is 6.93. The van der Waals surface area contributed by atoms with Gasteiger partial charge in [-0.3, -0.25) is 9.59 Å². The van der Waals surface area contributed by atoms with Crippen molar-refractivity contribution in [2.24, 2.45) is 0 Å². The van der Waals surface area contributed by atoms with Crippen molar-refractivity contribution in [3.8, 4) is 28.2 Å². The summed E-state index contributed by atoms with van der Waals surface area (Å²) in [4.78, 5) is 29.0. The zero-order chi connectivity index (χ0) is 27.5. The van der Waals surface area contributed by atoms with Gasteiger partial charge in [0.05, 0.1) is 22.5 Å². The van der Waals surface area contributed by atoms with Crippen molar-refractivity contribution in [3.05, 3.63) is 173 Å². The van der Waals surface area contributed by atoms with Gasteiger partial charge in [-0.05, 0) is 30.2 Å². The second-order valence-corrected chi connectivity index (χ2v) is 9.74. The predicted octanol–water partition coefficient (Wildman–Crippen LogP) is 8.58. The topological polar surface area (TPSA) is 39.1 Å². The van der Waals surface area contributed by atoms with E-state index in [0.717, 1.165) is 22.4 Å². The third-order valence-corrected chi connectivity index (χ3v) is 7.08. The van der Waals surface area contributed by atoms with E-state index in [1.54, 1.807) is 24.3 Å². The van der Waals surface area contributed by atoms with Crippen LogP contribution >= 0.6 is 0 Å². The van der Waals surface area contributed by atoms with Crippen LogP contribution in [0.15, 0.2) is 146 Å². The largest absolute Gasteiger partial charge is 0.308 e. The molecule has 0 saturated carbocycles. The Kier molecular flexibility index (Phi) is 6.78. The van der Waals surface area contributed by atoms with Crippen molar-refractivity contribution in [2.45, 2.75) is 6.92 Å². The summed E-state index contributed by atoms with van der Waals surface area (Å²) in [6, 6.07) is 46.3. The van der Waals surface area contributed by atoms with E-state index in [2.05, 4.69) is 16.7 Å². The molecule has 3 heteroatoms. The second-order valence-electron chi connectivity index (χ2n) is 9.74. The second kappa shape index (κ2) is 10.8. The van der Waals surface area contributed by atoms with Crippen LogP contribution in [0.4, 0.5) is 0 Å². The highest BCUT2D eigenvalue weighted by Crippen LogP contribution is 2.42. The fourth-order valence-electron chi connectivity index (χ4n) is 5.17. The van der Waals surface area contributed by atoms with E-state index in [4.69, 9.17) is 0 Å². The molecule has 0 atom stereocenters. The fourth-order valence-corrected chi connectivity index (χ4v) is 5.17. The van der Waals surface area contributed by atoms with E-state index < -0.39 is 0 Å². The maximum Gasteiger partial charge on any atom is 0.195 e. The smallest absolute Gasteiger partial charge is 0.195 e. The molecular weight excluding hydrogens is 490 g/mol. The van der Waals surface area contributed by atoms with Gasteiger partial charge in [0.15, 0.2) is 11.6 Å². The minimum absolute atomic E-state index is 0.193. The Morgan fingerprint density at radius 3 is 1.18 bits per heavy atom. The highest BCUT2D eigenvalue weighted by molar-refractivity contribution is 6.25. The molecule has 3 nitrogen and oxygen atoms in total. The Bertz CT molecular complexity index is 1670. The van der Waals surface area contributed by atoms with Crippen molar-refractivity contribution in [1.82, 2.24) is 4.57 Å². The summed E-state index contributed by atoms with van der Waals surface area (Å²) in [7, 11) is 0. The van der Waals surface area contributed by atoms with Crippen LogP contribution in [0.3, 0.4) is 0 Å². The van der Waals surface area contributed by atoms with Gasteiger partial charge >= 0.3 is 0 Å². The van der Waals surface area contributed by atoms with Gasteiger partial charge in [-0.1, -0.05) is 139 Å². The Labute approximate surface area is 234 Å². The molecule has 0 aliphatic heterocycles. The molecule has 192 valence electrons. The van der Waals surface area contributed by atoms with Gasteiger partial charge in [0.25, 0.3) is 0 Å². The lowest BCUT2D eigenvalue weighted by atomic mass is 9.90. The summed E-state index contributed by atoms with van der Waals surface area (Å²) in [5, 5.41) is 0. The normalized spacial score (nSPS) is 10.8. The average molecular weight is 518 g/mol. The number of ketones is 2. The molecule has 5 aromatic carbocycles. The van der Waals surface area contributed by atoms with Gasteiger partial charge in [-0.25, -0.2) is 0 Å². The summed E-state index contributed by atoms with van der Waals surface area (Å²) >= 11 is 0. The van der Waals surface area contributed by atoms with Gasteiger partial charge in [0.2, 0.25) is 0 Å². The summed E-state index contributed by atoms with van der Waals surface area (Å²) in [6.07, 6.45) is 0. The maximum absolute atomic E-state index is 14.5. The molecule has 0 bridgehead atoms. The fraction of sp³-hybridized carbons (Fsp3) is 0.0270. The van der Waals surface area contributed by atoms with E-state index >= 15 is 0 Å². The Morgan fingerprint density at radius 2 is 0.800 bits per heavy atom. The van der Waals surface area contributed by atoms with E-state index in [1.165, 1.54) is 0 Å². The molecule has 6 rings (SSSR count). The molecule has 1 heterocycles. The van der Waals surface area contributed by atoms with Crippen LogP contribution in [0.25, 0.3) is 28.2 Å². The van der Waals surface area contributed by atoms with Crippen molar-refractivity contribution in [3.63, 3.8) is 0 Å². The van der Waals surface area contributed by atoms with E-state index in [-0.39, 0.29) is 11.6 Å². The third-order valence-electron chi connectivity index (χ3n) is 7.08. The molecule has 0 saturated heterocycles. The standard InChI is InChI=1S/C37H27NO2/c1-26-22-24-31(25-23-26)38-34(27-14-6-2-7-15-27)32(36(39)29-18-10-4-11-19-29)33(35(38)28-16-8-3-9-17-28)37(40)30-20-12-5-13-21-30/h2-25H,1H3. The Hall–Kier alpha value is -5.28. The van der Waals surface area contributed by atoms with Crippen LogP contribution in [0, 0.1) is 6.92 Å². The minimum atomic E-state index is -0.193. The van der Waals surface area contributed by atoms with Gasteiger partial charge < -0.3 is 4.57 Å². The molecule has 0 amide bonds. The Balaban J connectivity index is 1.81. The quantitative estimate of drug-likeness (QED) is 0.199. The van der Waals surface area contributed by atoms with Crippen LogP contribution < -0.4 is 0 Å². The molecule has 6 aromatic rings. The first-order valence-corrected chi connectivity index (χ1v) is 13.3. The molecule has 0 aliphatic rings. The van der Waals surface area contributed by atoms with Crippen LogP contribution in [-0.4, -0.2) is 16.1 Å². The minimum Gasteiger partial charge on any atom is -0.308 e. The van der Waals surface area contributed by atoms with E-state index in [9.17, 15) is 9.59 Å². The molecule has 0 radical (unpaired) electrons. The van der Waals surface area contributed by atoms with Crippen LogP contribution in [0.1, 0.15) is 37.4 Å².